The number of thiol groups is 1. The summed E-state index contributed by atoms with van der Waals surface area (Å²) in [5.41, 5.74) is 0. The summed E-state index contributed by atoms with van der Waals surface area (Å²) in [6, 6.07) is 3.66. The molecule has 2 rings (SSSR count). The molecule has 1 N–H and O–H groups in total. The highest BCUT2D eigenvalue weighted by Crippen LogP contribution is 2.40. The summed E-state index contributed by atoms with van der Waals surface area (Å²) in [6.07, 6.45) is 2.02. The Morgan fingerprint density at radius 3 is 2.92 bits per heavy atom. The SMILES string of the molecule is CSc1ccc(O)c2scc(S)c12. The van der Waals surface area contributed by atoms with Crippen molar-refractivity contribution in [3.05, 3.63) is 17.5 Å². The number of hydrogen-bond acceptors (Lipinski definition) is 4. The predicted octanol–water partition coefficient (Wildman–Crippen LogP) is 3.62. The molecule has 0 spiro atoms. The molecule has 0 atom stereocenters. The van der Waals surface area contributed by atoms with Crippen molar-refractivity contribution in [1.29, 1.82) is 0 Å². The van der Waals surface area contributed by atoms with Gasteiger partial charge in [-0.3, -0.25) is 0 Å². The minimum absolute atomic E-state index is 0.345. The van der Waals surface area contributed by atoms with Gasteiger partial charge in [0.1, 0.15) is 5.75 Å². The quantitative estimate of drug-likeness (QED) is 0.574. The second-order valence-electron chi connectivity index (χ2n) is 2.61. The summed E-state index contributed by atoms with van der Waals surface area (Å²) in [4.78, 5) is 2.11. The van der Waals surface area contributed by atoms with E-state index in [9.17, 15) is 5.11 Å². The van der Waals surface area contributed by atoms with E-state index in [2.05, 4.69) is 12.6 Å². The fraction of sp³-hybridized carbons (Fsp3) is 0.111. The summed E-state index contributed by atoms with van der Waals surface area (Å²) in [6.45, 7) is 0. The van der Waals surface area contributed by atoms with Gasteiger partial charge in [-0.05, 0) is 18.4 Å². The Balaban J connectivity index is 2.88. The Labute approximate surface area is 90.2 Å². The van der Waals surface area contributed by atoms with Gasteiger partial charge in [0, 0.05) is 20.6 Å². The third kappa shape index (κ3) is 1.43. The summed E-state index contributed by atoms with van der Waals surface area (Å²) < 4.78 is 0.928. The van der Waals surface area contributed by atoms with Gasteiger partial charge in [0.15, 0.2) is 0 Å². The smallest absolute Gasteiger partial charge is 0.133 e. The Bertz CT molecular complexity index is 447. The maximum absolute atomic E-state index is 9.57. The highest BCUT2D eigenvalue weighted by Gasteiger charge is 2.09. The van der Waals surface area contributed by atoms with Crippen LogP contribution in [0, 0.1) is 0 Å². The monoisotopic (exact) mass is 228 g/mol. The highest BCUT2D eigenvalue weighted by molar-refractivity contribution is 7.98. The van der Waals surface area contributed by atoms with Crippen molar-refractivity contribution >= 4 is 45.8 Å². The molecule has 1 aromatic carbocycles. The van der Waals surface area contributed by atoms with Crippen molar-refractivity contribution in [3.63, 3.8) is 0 Å². The van der Waals surface area contributed by atoms with Crippen LogP contribution in [0.3, 0.4) is 0 Å². The van der Waals surface area contributed by atoms with Gasteiger partial charge in [0.05, 0.1) is 4.70 Å². The van der Waals surface area contributed by atoms with Crippen molar-refractivity contribution in [1.82, 2.24) is 0 Å². The Morgan fingerprint density at radius 2 is 2.23 bits per heavy atom. The number of benzene rings is 1. The van der Waals surface area contributed by atoms with Gasteiger partial charge in [0.2, 0.25) is 0 Å². The molecule has 68 valence electrons. The molecule has 1 aromatic heterocycles. The van der Waals surface area contributed by atoms with Crippen molar-refractivity contribution < 1.29 is 5.11 Å². The van der Waals surface area contributed by atoms with Crippen LogP contribution in [0.2, 0.25) is 0 Å². The average molecular weight is 228 g/mol. The number of hydrogen-bond donors (Lipinski definition) is 2. The molecule has 0 bridgehead atoms. The van der Waals surface area contributed by atoms with Gasteiger partial charge in [-0.1, -0.05) is 0 Å². The fourth-order valence-corrected chi connectivity index (χ4v) is 3.36. The van der Waals surface area contributed by atoms with Gasteiger partial charge >= 0.3 is 0 Å². The lowest BCUT2D eigenvalue weighted by molar-refractivity contribution is 0.482. The predicted molar refractivity (Wildman–Crippen MR) is 62.5 cm³/mol. The van der Waals surface area contributed by atoms with Crippen LogP contribution in [-0.2, 0) is 0 Å². The molecule has 0 fully saturated rings. The number of thioether (sulfide) groups is 1. The topological polar surface area (TPSA) is 20.2 Å². The van der Waals surface area contributed by atoms with Crippen molar-refractivity contribution in [2.75, 3.05) is 6.26 Å². The van der Waals surface area contributed by atoms with Crippen LogP contribution in [0.4, 0.5) is 0 Å². The van der Waals surface area contributed by atoms with E-state index in [0.29, 0.717) is 5.75 Å². The second kappa shape index (κ2) is 3.44. The van der Waals surface area contributed by atoms with Crippen molar-refractivity contribution in [2.45, 2.75) is 9.79 Å². The second-order valence-corrected chi connectivity index (χ2v) is 4.82. The third-order valence-corrected chi connectivity index (χ3v) is 4.17. The fourth-order valence-electron chi connectivity index (χ4n) is 1.26. The highest BCUT2D eigenvalue weighted by atomic mass is 32.2. The Hall–Kier alpha value is -0.320. The number of fused-ring (bicyclic) bond motifs is 1. The summed E-state index contributed by atoms with van der Waals surface area (Å²) in [5.74, 6) is 0.345. The molecular weight excluding hydrogens is 220 g/mol. The molecule has 0 radical (unpaired) electrons. The molecule has 0 saturated carbocycles. The van der Waals surface area contributed by atoms with E-state index in [-0.39, 0.29) is 0 Å². The third-order valence-electron chi connectivity index (χ3n) is 1.86. The first kappa shape index (κ1) is 9.24. The zero-order chi connectivity index (χ0) is 9.42. The number of phenolic OH excluding ortho intramolecular Hbond substituents is 1. The summed E-state index contributed by atoms with van der Waals surface area (Å²) >= 11 is 7.56. The molecule has 1 heterocycles. The zero-order valence-electron chi connectivity index (χ0n) is 6.94. The lowest BCUT2D eigenvalue weighted by atomic mass is 10.2. The average Bonchev–Trinajstić information content (AvgIpc) is 2.51. The van der Waals surface area contributed by atoms with Crippen LogP contribution >= 0.6 is 35.7 Å². The summed E-state index contributed by atoms with van der Waals surface area (Å²) in [5, 5.41) is 12.6. The molecule has 0 aliphatic rings. The Morgan fingerprint density at radius 1 is 1.46 bits per heavy atom. The number of rotatable bonds is 1. The molecule has 13 heavy (non-hydrogen) atoms. The standard InChI is InChI=1S/C9H8OS3/c1-12-7-3-2-5(10)9-8(7)6(11)4-13-9/h2-4,10-11H,1H3. The van der Waals surface area contributed by atoms with E-state index in [0.717, 1.165) is 15.0 Å². The number of phenols is 1. The van der Waals surface area contributed by atoms with Gasteiger partial charge in [0.25, 0.3) is 0 Å². The first-order valence-corrected chi connectivity index (χ1v) is 6.25. The van der Waals surface area contributed by atoms with Crippen molar-refractivity contribution in [3.8, 4) is 5.75 Å². The molecule has 1 nitrogen and oxygen atoms in total. The molecule has 0 saturated heterocycles. The van der Waals surface area contributed by atoms with Gasteiger partial charge in [-0.2, -0.15) is 0 Å². The van der Waals surface area contributed by atoms with Crippen LogP contribution < -0.4 is 0 Å². The van der Waals surface area contributed by atoms with Gasteiger partial charge in [-0.25, -0.2) is 0 Å². The maximum atomic E-state index is 9.57. The largest absolute Gasteiger partial charge is 0.506 e. The van der Waals surface area contributed by atoms with Crippen molar-refractivity contribution in [2.24, 2.45) is 0 Å². The first-order valence-electron chi connectivity index (χ1n) is 3.70. The molecular formula is C9H8OS3. The number of thiophene rings is 1. The lowest BCUT2D eigenvalue weighted by Crippen LogP contribution is -1.73. The van der Waals surface area contributed by atoms with E-state index in [1.54, 1.807) is 17.8 Å². The molecule has 4 heteroatoms. The van der Waals surface area contributed by atoms with E-state index < -0.39 is 0 Å². The number of aromatic hydroxyl groups is 1. The first-order chi connectivity index (χ1) is 6.24. The maximum Gasteiger partial charge on any atom is 0.133 e. The normalized spacial score (nSPS) is 10.9. The van der Waals surface area contributed by atoms with E-state index >= 15 is 0 Å². The van der Waals surface area contributed by atoms with E-state index in [1.165, 1.54) is 16.2 Å². The van der Waals surface area contributed by atoms with Crippen LogP contribution in [0.1, 0.15) is 0 Å². The van der Waals surface area contributed by atoms with Crippen LogP contribution in [0.25, 0.3) is 10.1 Å². The van der Waals surface area contributed by atoms with E-state index in [4.69, 9.17) is 0 Å². The lowest BCUT2D eigenvalue weighted by Gasteiger charge is -2.01. The van der Waals surface area contributed by atoms with Crippen LogP contribution in [0.5, 0.6) is 5.75 Å². The van der Waals surface area contributed by atoms with Crippen LogP contribution in [-0.4, -0.2) is 11.4 Å². The molecule has 2 aromatic rings. The molecule has 0 amide bonds. The molecule has 0 unspecified atom stereocenters. The van der Waals surface area contributed by atoms with Gasteiger partial charge < -0.3 is 5.11 Å². The minimum atomic E-state index is 0.345. The summed E-state index contributed by atoms with van der Waals surface area (Å²) in [7, 11) is 0. The Kier molecular flexibility index (Phi) is 2.45. The molecule has 0 aliphatic heterocycles. The van der Waals surface area contributed by atoms with E-state index in [1.807, 2.05) is 17.7 Å². The van der Waals surface area contributed by atoms with Gasteiger partial charge in [-0.15, -0.1) is 35.7 Å². The zero-order valence-corrected chi connectivity index (χ0v) is 9.47. The minimum Gasteiger partial charge on any atom is -0.506 e. The molecule has 0 aliphatic carbocycles. The van der Waals surface area contributed by atoms with Crippen LogP contribution in [0.15, 0.2) is 27.3 Å².